The largest absolute Gasteiger partial charge is 0.472 e. The number of hydrogen-bond donors (Lipinski definition) is 1. The molecule has 0 amide bonds. The first-order valence-electron chi connectivity index (χ1n) is 20.9. The van der Waals surface area contributed by atoms with Gasteiger partial charge in [0.25, 0.3) is 0 Å². The van der Waals surface area contributed by atoms with E-state index in [-0.39, 0.29) is 25.8 Å². The number of hydrogen-bond acceptors (Lipinski definition) is 6. The number of quaternary nitrogens is 1. The average molecular weight is 733 g/mol. The van der Waals surface area contributed by atoms with Gasteiger partial charge in [-0.3, -0.25) is 13.8 Å². The second kappa shape index (κ2) is 35.3. The molecular formula is C41H83NO7P+. The summed E-state index contributed by atoms with van der Waals surface area (Å²) in [7, 11) is 1.67. The van der Waals surface area contributed by atoms with Crippen molar-refractivity contribution in [2.45, 2.75) is 193 Å². The molecule has 0 aliphatic rings. The summed E-state index contributed by atoms with van der Waals surface area (Å²) >= 11 is 0. The van der Waals surface area contributed by atoms with Gasteiger partial charge in [0.05, 0.1) is 34.4 Å². The third-order valence-corrected chi connectivity index (χ3v) is 10.1. The fourth-order valence-corrected chi connectivity index (χ4v) is 6.52. The van der Waals surface area contributed by atoms with Gasteiger partial charge in [-0.2, -0.15) is 0 Å². The Labute approximate surface area is 310 Å². The molecule has 0 aromatic heterocycles. The van der Waals surface area contributed by atoms with Crippen molar-refractivity contribution >= 4 is 13.8 Å². The highest BCUT2D eigenvalue weighted by molar-refractivity contribution is 7.47. The molecule has 0 heterocycles. The second-order valence-electron chi connectivity index (χ2n) is 15.4. The van der Waals surface area contributed by atoms with Crippen LogP contribution in [0.15, 0.2) is 12.2 Å². The minimum absolute atomic E-state index is 0.0900. The molecule has 1 N–H and O–H groups in total. The molecule has 0 radical (unpaired) electrons. The summed E-state index contributed by atoms with van der Waals surface area (Å²) in [6.45, 7) is 5.63. The summed E-state index contributed by atoms with van der Waals surface area (Å²) < 4.78 is 34.9. The van der Waals surface area contributed by atoms with E-state index in [1.54, 1.807) is 0 Å². The van der Waals surface area contributed by atoms with Gasteiger partial charge in [-0.25, -0.2) is 4.57 Å². The Morgan fingerprint density at radius 2 is 1.04 bits per heavy atom. The van der Waals surface area contributed by atoms with Crippen LogP contribution in [0.5, 0.6) is 0 Å². The van der Waals surface area contributed by atoms with Gasteiger partial charge in [0.1, 0.15) is 19.3 Å². The van der Waals surface area contributed by atoms with Crippen LogP contribution in [0.3, 0.4) is 0 Å². The number of likely N-dealkylation sites (N-methyl/N-ethyl adjacent to an activating group) is 1. The Balaban J connectivity index is 4.25. The first-order chi connectivity index (χ1) is 24.1. The summed E-state index contributed by atoms with van der Waals surface area (Å²) in [4.78, 5) is 22.8. The van der Waals surface area contributed by atoms with Gasteiger partial charge in [0, 0.05) is 13.0 Å². The fraction of sp³-hybridized carbons (Fsp3) is 0.927. The molecule has 0 saturated carbocycles. The Kier molecular flexibility index (Phi) is 34.7. The van der Waals surface area contributed by atoms with Gasteiger partial charge < -0.3 is 18.9 Å². The number of ether oxygens (including phenoxy) is 2. The molecule has 8 nitrogen and oxygen atoms in total. The van der Waals surface area contributed by atoms with Gasteiger partial charge in [-0.1, -0.05) is 154 Å². The molecule has 2 atom stereocenters. The van der Waals surface area contributed by atoms with E-state index in [1.807, 2.05) is 21.1 Å². The first kappa shape index (κ1) is 49.2. The van der Waals surface area contributed by atoms with Gasteiger partial charge in [-0.15, -0.1) is 0 Å². The lowest BCUT2D eigenvalue weighted by Gasteiger charge is -2.24. The monoisotopic (exact) mass is 733 g/mol. The topological polar surface area (TPSA) is 91.3 Å². The molecule has 9 heteroatoms. The lowest BCUT2D eigenvalue weighted by atomic mass is 10.0. The predicted octanol–water partition coefficient (Wildman–Crippen LogP) is 11.9. The van der Waals surface area contributed by atoms with E-state index in [0.717, 1.165) is 38.5 Å². The molecule has 0 rings (SSSR count). The van der Waals surface area contributed by atoms with Gasteiger partial charge in [0.15, 0.2) is 0 Å². The summed E-state index contributed by atoms with van der Waals surface area (Å²) in [5, 5.41) is 0. The highest BCUT2D eigenvalue weighted by atomic mass is 31.2. The molecule has 0 aliphatic heterocycles. The minimum atomic E-state index is -4.27. The summed E-state index contributed by atoms with van der Waals surface area (Å²) in [5.74, 6) is -0.320. The summed E-state index contributed by atoms with van der Waals surface area (Å²) in [5.41, 5.74) is 0. The molecule has 0 fully saturated rings. The standard InChI is InChI=1S/C41H82NO7P/c1-6-8-10-12-14-16-18-20-22-24-26-28-30-32-34-41(43)49-40(39-48-50(44,45)47-37-35-42(3,4)5)38-46-36-33-31-29-27-25-23-21-19-17-15-13-11-9-7-2/h18,20,40H,6-17,19,21-39H2,1-5H3/p+1/b20-18-/t40-/m1/s1. The number of allylic oxidation sites excluding steroid dienone is 2. The number of esters is 1. The van der Waals surface area contributed by atoms with Crippen molar-refractivity contribution in [3.63, 3.8) is 0 Å². The lowest BCUT2D eigenvalue weighted by molar-refractivity contribution is -0.870. The molecule has 1 unspecified atom stereocenters. The van der Waals surface area contributed by atoms with E-state index in [2.05, 4.69) is 26.0 Å². The zero-order valence-corrected chi connectivity index (χ0v) is 34.5. The first-order valence-corrected chi connectivity index (χ1v) is 22.4. The molecule has 0 saturated heterocycles. The Hall–Kier alpha value is -0.760. The van der Waals surface area contributed by atoms with Crippen LogP contribution < -0.4 is 0 Å². The predicted molar refractivity (Wildman–Crippen MR) is 210 cm³/mol. The molecule has 0 aromatic rings. The third kappa shape index (κ3) is 38.5. The van der Waals surface area contributed by atoms with Crippen LogP contribution in [0.4, 0.5) is 0 Å². The van der Waals surface area contributed by atoms with Crippen LogP contribution in [0.1, 0.15) is 187 Å². The van der Waals surface area contributed by atoms with Gasteiger partial charge in [0.2, 0.25) is 0 Å². The van der Waals surface area contributed by atoms with Crippen LogP contribution in [0, 0.1) is 0 Å². The average Bonchev–Trinajstić information content (AvgIpc) is 3.06. The molecule has 50 heavy (non-hydrogen) atoms. The molecule has 0 aliphatic carbocycles. The van der Waals surface area contributed by atoms with E-state index in [4.69, 9.17) is 18.5 Å². The van der Waals surface area contributed by atoms with E-state index in [1.165, 1.54) is 128 Å². The van der Waals surface area contributed by atoms with Crippen LogP contribution >= 0.6 is 7.82 Å². The SMILES string of the molecule is CCCCCCC/C=C\CCCCCCCC(=O)O[C@H](COCCCCCCCCCCCCCCCC)COP(=O)(O)OCC[N+](C)(C)C. The smallest absolute Gasteiger partial charge is 0.457 e. The molecule has 0 aromatic carbocycles. The van der Waals surface area contributed by atoms with Crippen molar-refractivity contribution in [1.29, 1.82) is 0 Å². The van der Waals surface area contributed by atoms with Crippen molar-refractivity contribution in [3.05, 3.63) is 12.2 Å². The highest BCUT2D eigenvalue weighted by Crippen LogP contribution is 2.43. The van der Waals surface area contributed by atoms with Crippen molar-refractivity contribution in [2.24, 2.45) is 0 Å². The number of carbonyl (C=O) groups is 1. The number of carbonyl (C=O) groups excluding carboxylic acids is 1. The van der Waals surface area contributed by atoms with Gasteiger partial charge >= 0.3 is 13.8 Å². The Morgan fingerprint density at radius 1 is 0.600 bits per heavy atom. The zero-order valence-electron chi connectivity index (χ0n) is 33.7. The lowest BCUT2D eigenvalue weighted by Crippen LogP contribution is -2.37. The van der Waals surface area contributed by atoms with Crippen molar-refractivity contribution in [1.82, 2.24) is 0 Å². The van der Waals surface area contributed by atoms with Crippen molar-refractivity contribution < 1.29 is 37.3 Å². The number of unbranched alkanes of at least 4 members (excludes halogenated alkanes) is 23. The maximum Gasteiger partial charge on any atom is 0.472 e. The molecule has 0 bridgehead atoms. The number of nitrogens with zero attached hydrogens (tertiary/aromatic N) is 1. The number of rotatable bonds is 39. The van der Waals surface area contributed by atoms with E-state index in [9.17, 15) is 14.3 Å². The normalized spacial score (nSPS) is 14.0. The van der Waals surface area contributed by atoms with Crippen LogP contribution in [-0.2, 0) is 27.9 Å². The van der Waals surface area contributed by atoms with E-state index >= 15 is 0 Å². The molecule has 298 valence electrons. The summed E-state index contributed by atoms with van der Waals surface area (Å²) in [6, 6.07) is 0. The quantitative estimate of drug-likeness (QED) is 0.0221. The molecule has 0 spiro atoms. The zero-order chi connectivity index (χ0) is 37.0. The van der Waals surface area contributed by atoms with Crippen molar-refractivity contribution in [2.75, 3.05) is 54.1 Å². The maximum atomic E-state index is 12.6. The summed E-state index contributed by atoms with van der Waals surface area (Å²) in [6.07, 6.45) is 36.6. The van der Waals surface area contributed by atoms with Crippen LogP contribution in [0.2, 0.25) is 0 Å². The van der Waals surface area contributed by atoms with E-state index < -0.39 is 13.9 Å². The van der Waals surface area contributed by atoms with Crippen LogP contribution in [0.25, 0.3) is 0 Å². The van der Waals surface area contributed by atoms with E-state index in [0.29, 0.717) is 24.1 Å². The van der Waals surface area contributed by atoms with Crippen LogP contribution in [-0.4, -0.2) is 75.6 Å². The number of phosphoric acid groups is 1. The van der Waals surface area contributed by atoms with Gasteiger partial charge in [-0.05, 0) is 38.5 Å². The third-order valence-electron chi connectivity index (χ3n) is 9.08. The fourth-order valence-electron chi connectivity index (χ4n) is 5.78. The maximum absolute atomic E-state index is 12.6. The second-order valence-corrected chi connectivity index (χ2v) is 16.8. The highest BCUT2D eigenvalue weighted by Gasteiger charge is 2.26. The van der Waals surface area contributed by atoms with Crippen molar-refractivity contribution in [3.8, 4) is 0 Å². The number of phosphoric ester groups is 1. The minimum Gasteiger partial charge on any atom is -0.457 e. The Morgan fingerprint density at radius 3 is 1.52 bits per heavy atom. The molecular weight excluding hydrogens is 649 g/mol. The Bertz CT molecular complexity index is 817.